The zero-order valence-corrected chi connectivity index (χ0v) is 20.5. The van der Waals surface area contributed by atoms with Gasteiger partial charge in [-0.3, -0.25) is 4.79 Å². The summed E-state index contributed by atoms with van der Waals surface area (Å²) in [5, 5.41) is 6.52. The molecule has 4 aliphatic heterocycles. The maximum atomic E-state index is 13.2. The highest BCUT2D eigenvalue weighted by Gasteiger charge is 2.40. The molecule has 1 aromatic carbocycles. The number of alkyl halides is 3. The van der Waals surface area contributed by atoms with Crippen molar-refractivity contribution in [2.24, 2.45) is 0 Å². The van der Waals surface area contributed by atoms with E-state index < -0.39 is 11.7 Å². The number of hydrogen-bond acceptors (Lipinski definition) is 6. The van der Waals surface area contributed by atoms with E-state index in [1.165, 1.54) is 6.07 Å². The highest BCUT2D eigenvalue weighted by atomic mass is 19.4. The standard InChI is InChI=1S/C26H32F3N5O2/c1-17-31-20(15-22(35)33-25-7-10-34(11-8-25)12-9-25)23(21-6-3-13-36-21)24(32-17)30-16-18-4-2-5-19(14-18)26(27,28)29/h2,4-5,14,21H,3,6-13,15-16H2,1H3,(H,33,35)(H,30,31,32). The number of piperidine rings is 3. The van der Waals surface area contributed by atoms with Crippen LogP contribution in [0.4, 0.5) is 19.0 Å². The normalized spacial score (nSPS) is 25.7. The number of hydrogen-bond donors (Lipinski definition) is 2. The molecule has 2 aromatic rings. The lowest BCUT2D eigenvalue weighted by atomic mass is 9.80. The Labute approximate surface area is 208 Å². The van der Waals surface area contributed by atoms with Gasteiger partial charge in [0.15, 0.2) is 0 Å². The van der Waals surface area contributed by atoms with E-state index in [0.717, 1.165) is 69.4 Å². The van der Waals surface area contributed by atoms with Gasteiger partial charge in [-0.1, -0.05) is 12.1 Å². The zero-order valence-electron chi connectivity index (χ0n) is 20.5. The molecule has 1 atom stereocenters. The number of halogens is 3. The Balaban J connectivity index is 1.37. The molecule has 0 spiro atoms. The van der Waals surface area contributed by atoms with Crippen molar-refractivity contribution < 1.29 is 22.7 Å². The number of carbonyl (C=O) groups is 1. The van der Waals surface area contributed by atoms with Crippen LogP contribution in [0.1, 0.15) is 66.4 Å². The molecule has 194 valence electrons. The third kappa shape index (κ3) is 5.49. The van der Waals surface area contributed by atoms with Crippen molar-refractivity contribution in [2.75, 3.05) is 31.6 Å². The number of aromatic nitrogens is 2. The number of aryl methyl sites for hydroxylation is 1. The number of nitrogens with one attached hydrogen (secondary N) is 2. The summed E-state index contributed by atoms with van der Waals surface area (Å²) in [5.41, 5.74) is 1.01. The predicted octanol–water partition coefficient (Wildman–Crippen LogP) is 4.16. The first-order chi connectivity index (χ1) is 17.2. The lowest BCUT2D eigenvalue weighted by Gasteiger charge is -2.48. The number of rotatable bonds is 7. The van der Waals surface area contributed by atoms with Gasteiger partial charge in [-0.05, 0) is 56.7 Å². The molecule has 7 nitrogen and oxygen atoms in total. The number of fused-ring (bicyclic) bond motifs is 3. The van der Waals surface area contributed by atoms with E-state index in [-0.39, 0.29) is 30.5 Å². The first-order valence-electron chi connectivity index (χ1n) is 12.6. The molecule has 1 amide bonds. The summed E-state index contributed by atoms with van der Waals surface area (Å²) in [7, 11) is 0. The average molecular weight is 504 g/mol. The van der Waals surface area contributed by atoms with Crippen LogP contribution >= 0.6 is 0 Å². The van der Waals surface area contributed by atoms with Crippen molar-refractivity contribution in [2.45, 2.75) is 69.8 Å². The van der Waals surface area contributed by atoms with Crippen molar-refractivity contribution in [3.63, 3.8) is 0 Å². The Hall–Kier alpha value is -2.72. The predicted molar refractivity (Wildman–Crippen MR) is 128 cm³/mol. The van der Waals surface area contributed by atoms with Crippen molar-refractivity contribution in [3.05, 3.63) is 52.5 Å². The summed E-state index contributed by atoms with van der Waals surface area (Å²) in [6.45, 7) is 5.56. The topological polar surface area (TPSA) is 79.4 Å². The van der Waals surface area contributed by atoms with Crippen LogP contribution in [0.15, 0.2) is 24.3 Å². The quantitative estimate of drug-likeness (QED) is 0.591. The second kappa shape index (κ2) is 9.97. The smallest absolute Gasteiger partial charge is 0.373 e. The van der Waals surface area contributed by atoms with Crippen molar-refractivity contribution >= 4 is 11.7 Å². The number of anilines is 1. The van der Waals surface area contributed by atoms with Crippen LogP contribution < -0.4 is 10.6 Å². The Bertz CT molecular complexity index is 1100. The molecule has 0 radical (unpaired) electrons. The molecule has 36 heavy (non-hydrogen) atoms. The number of nitrogens with zero attached hydrogens (tertiary/aromatic N) is 3. The minimum Gasteiger partial charge on any atom is -0.373 e. The molecule has 10 heteroatoms. The Morgan fingerprint density at radius 3 is 2.61 bits per heavy atom. The monoisotopic (exact) mass is 503 g/mol. The Morgan fingerprint density at radius 2 is 1.94 bits per heavy atom. The van der Waals surface area contributed by atoms with E-state index in [9.17, 15) is 18.0 Å². The van der Waals surface area contributed by atoms with Gasteiger partial charge in [0.25, 0.3) is 0 Å². The van der Waals surface area contributed by atoms with Crippen LogP contribution in [-0.4, -0.2) is 52.6 Å². The van der Waals surface area contributed by atoms with Gasteiger partial charge in [0.1, 0.15) is 11.6 Å². The van der Waals surface area contributed by atoms with E-state index >= 15 is 0 Å². The lowest BCUT2D eigenvalue weighted by Crippen LogP contribution is -2.61. The maximum absolute atomic E-state index is 13.2. The van der Waals surface area contributed by atoms with Crippen molar-refractivity contribution in [1.29, 1.82) is 0 Å². The zero-order chi connectivity index (χ0) is 25.3. The molecule has 4 fully saturated rings. The molecular formula is C26H32F3N5O2. The molecule has 0 aliphatic carbocycles. The summed E-state index contributed by atoms with van der Waals surface area (Å²) in [6.07, 6.45) is 0.00321. The van der Waals surface area contributed by atoms with Crippen LogP contribution in [-0.2, 0) is 28.7 Å². The molecule has 6 rings (SSSR count). The number of ether oxygens (including phenoxy) is 1. The molecule has 0 saturated carbocycles. The van der Waals surface area contributed by atoms with E-state index in [0.29, 0.717) is 29.5 Å². The molecule has 4 saturated heterocycles. The SMILES string of the molecule is Cc1nc(CC(=O)NC23CCN(CC2)CC3)c(C2CCCO2)c(NCc2cccc(C(F)(F)F)c2)n1. The molecule has 2 bridgehead atoms. The highest BCUT2D eigenvalue weighted by Crippen LogP contribution is 2.36. The van der Waals surface area contributed by atoms with Gasteiger partial charge >= 0.3 is 6.18 Å². The van der Waals surface area contributed by atoms with Gasteiger partial charge in [0.05, 0.1) is 23.8 Å². The fourth-order valence-electron chi connectivity index (χ4n) is 5.60. The second-order valence-electron chi connectivity index (χ2n) is 10.1. The van der Waals surface area contributed by atoms with Gasteiger partial charge in [0, 0.05) is 43.9 Å². The molecule has 4 aliphatic rings. The van der Waals surface area contributed by atoms with Gasteiger partial charge in [-0.15, -0.1) is 0 Å². The molecule has 2 N–H and O–H groups in total. The van der Waals surface area contributed by atoms with Crippen LogP contribution in [0, 0.1) is 6.92 Å². The number of benzene rings is 1. The van der Waals surface area contributed by atoms with E-state index in [4.69, 9.17) is 4.74 Å². The summed E-state index contributed by atoms with van der Waals surface area (Å²) < 4.78 is 45.4. The number of amides is 1. The summed E-state index contributed by atoms with van der Waals surface area (Å²) in [6, 6.07) is 5.24. The lowest BCUT2D eigenvalue weighted by molar-refractivity contribution is -0.137. The van der Waals surface area contributed by atoms with E-state index in [1.807, 2.05) is 0 Å². The van der Waals surface area contributed by atoms with Gasteiger partial charge < -0.3 is 20.3 Å². The van der Waals surface area contributed by atoms with Gasteiger partial charge in [-0.2, -0.15) is 13.2 Å². The van der Waals surface area contributed by atoms with Crippen molar-refractivity contribution in [1.82, 2.24) is 20.2 Å². The van der Waals surface area contributed by atoms with E-state index in [1.54, 1.807) is 13.0 Å². The molecule has 1 unspecified atom stereocenters. The van der Waals surface area contributed by atoms with Crippen LogP contribution in [0.25, 0.3) is 0 Å². The average Bonchev–Trinajstić information content (AvgIpc) is 3.37. The third-order valence-corrected chi connectivity index (χ3v) is 7.55. The summed E-state index contributed by atoms with van der Waals surface area (Å²) in [5.74, 6) is 0.945. The molecular weight excluding hydrogens is 471 g/mol. The maximum Gasteiger partial charge on any atom is 0.416 e. The van der Waals surface area contributed by atoms with Crippen molar-refractivity contribution in [3.8, 4) is 0 Å². The molecule has 1 aromatic heterocycles. The fraction of sp³-hybridized carbons (Fsp3) is 0.577. The largest absolute Gasteiger partial charge is 0.416 e. The minimum atomic E-state index is -4.40. The summed E-state index contributed by atoms with van der Waals surface area (Å²) >= 11 is 0. The van der Waals surface area contributed by atoms with Gasteiger partial charge in [0.2, 0.25) is 5.91 Å². The minimum absolute atomic E-state index is 0.0634. The number of carbonyl (C=O) groups excluding carboxylic acids is 1. The van der Waals surface area contributed by atoms with E-state index in [2.05, 4.69) is 25.5 Å². The Kier molecular flexibility index (Phi) is 6.91. The van der Waals surface area contributed by atoms with Crippen LogP contribution in [0.2, 0.25) is 0 Å². The van der Waals surface area contributed by atoms with Crippen LogP contribution in [0.3, 0.4) is 0 Å². The second-order valence-corrected chi connectivity index (χ2v) is 10.1. The highest BCUT2D eigenvalue weighted by molar-refractivity contribution is 5.80. The Morgan fingerprint density at radius 1 is 1.19 bits per heavy atom. The van der Waals surface area contributed by atoms with Crippen LogP contribution in [0.5, 0.6) is 0 Å². The first-order valence-corrected chi connectivity index (χ1v) is 12.6. The fourth-order valence-corrected chi connectivity index (χ4v) is 5.60. The third-order valence-electron chi connectivity index (χ3n) is 7.55. The molecule has 5 heterocycles. The first kappa shape index (κ1) is 25.0. The summed E-state index contributed by atoms with van der Waals surface area (Å²) in [4.78, 5) is 24.8. The van der Waals surface area contributed by atoms with Gasteiger partial charge in [-0.25, -0.2) is 9.97 Å².